The SMILES string of the molecule is CCCCCOc1c(F)cccc1CO. The molecule has 15 heavy (non-hydrogen) atoms. The normalized spacial score (nSPS) is 10.3. The third-order valence-corrected chi connectivity index (χ3v) is 2.21. The highest BCUT2D eigenvalue weighted by Crippen LogP contribution is 2.22. The molecule has 2 nitrogen and oxygen atoms in total. The molecule has 0 aliphatic heterocycles. The van der Waals surface area contributed by atoms with Crippen molar-refractivity contribution in [3.63, 3.8) is 0 Å². The maximum absolute atomic E-state index is 13.3. The highest BCUT2D eigenvalue weighted by Gasteiger charge is 2.08. The van der Waals surface area contributed by atoms with Crippen LogP contribution in [0, 0.1) is 5.82 Å². The number of hydrogen-bond acceptors (Lipinski definition) is 2. The Morgan fingerprint density at radius 1 is 1.33 bits per heavy atom. The second-order valence-corrected chi connectivity index (χ2v) is 3.44. The zero-order chi connectivity index (χ0) is 11.1. The quantitative estimate of drug-likeness (QED) is 0.735. The zero-order valence-electron chi connectivity index (χ0n) is 9.00. The lowest BCUT2D eigenvalue weighted by atomic mass is 10.2. The summed E-state index contributed by atoms with van der Waals surface area (Å²) in [6.45, 7) is 2.41. The minimum Gasteiger partial charge on any atom is -0.490 e. The number of aliphatic hydroxyl groups excluding tert-OH is 1. The summed E-state index contributed by atoms with van der Waals surface area (Å²) in [7, 11) is 0. The Bertz CT molecular complexity index is 300. The number of rotatable bonds is 6. The number of hydrogen-bond donors (Lipinski definition) is 1. The van der Waals surface area contributed by atoms with Crippen LogP contribution in [0.4, 0.5) is 4.39 Å². The molecule has 3 heteroatoms. The minimum absolute atomic E-state index is 0.191. The van der Waals surface area contributed by atoms with Crippen LogP contribution in [-0.4, -0.2) is 11.7 Å². The third-order valence-electron chi connectivity index (χ3n) is 2.21. The second kappa shape index (κ2) is 6.40. The molecule has 0 aliphatic carbocycles. The average molecular weight is 212 g/mol. The molecule has 0 saturated carbocycles. The molecule has 0 heterocycles. The molecular formula is C12H17FO2. The van der Waals surface area contributed by atoms with E-state index in [2.05, 4.69) is 6.92 Å². The van der Waals surface area contributed by atoms with Gasteiger partial charge in [-0.05, 0) is 12.5 Å². The number of ether oxygens (including phenoxy) is 1. The maximum Gasteiger partial charge on any atom is 0.165 e. The van der Waals surface area contributed by atoms with Gasteiger partial charge < -0.3 is 9.84 Å². The van der Waals surface area contributed by atoms with Gasteiger partial charge in [0.15, 0.2) is 11.6 Å². The summed E-state index contributed by atoms with van der Waals surface area (Å²) in [5.41, 5.74) is 0.506. The summed E-state index contributed by atoms with van der Waals surface area (Å²) < 4.78 is 18.6. The fourth-order valence-corrected chi connectivity index (χ4v) is 1.37. The van der Waals surface area contributed by atoms with Crippen molar-refractivity contribution in [2.24, 2.45) is 0 Å². The van der Waals surface area contributed by atoms with E-state index in [1.165, 1.54) is 6.07 Å². The number of benzene rings is 1. The van der Waals surface area contributed by atoms with Gasteiger partial charge in [-0.15, -0.1) is 0 Å². The molecule has 1 aromatic carbocycles. The number of aliphatic hydroxyl groups is 1. The Morgan fingerprint density at radius 2 is 2.13 bits per heavy atom. The Balaban J connectivity index is 2.58. The molecule has 0 atom stereocenters. The van der Waals surface area contributed by atoms with E-state index in [1.807, 2.05) is 0 Å². The van der Waals surface area contributed by atoms with Crippen LogP contribution in [0.15, 0.2) is 18.2 Å². The predicted octanol–water partition coefficient (Wildman–Crippen LogP) is 2.89. The largest absolute Gasteiger partial charge is 0.490 e. The molecule has 0 radical (unpaired) electrons. The van der Waals surface area contributed by atoms with Crippen molar-refractivity contribution in [1.29, 1.82) is 0 Å². The van der Waals surface area contributed by atoms with Gasteiger partial charge >= 0.3 is 0 Å². The van der Waals surface area contributed by atoms with E-state index >= 15 is 0 Å². The molecule has 0 saturated heterocycles. The lowest BCUT2D eigenvalue weighted by Crippen LogP contribution is -2.02. The summed E-state index contributed by atoms with van der Waals surface area (Å²) in [4.78, 5) is 0. The van der Waals surface area contributed by atoms with Crippen LogP contribution >= 0.6 is 0 Å². The van der Waals surface area contributed by atoms with Crippen molar-refractivity contribution in [3.8, 4) is 5.75 Å². The lowest BCUT2D eigenvalue weighted by Gasteiger charge is -2.10. The molecule has 0 fully saturated rings. The molecular weight excluding hydrogens is 195 g/mol. The fraction of sp³-hybridized carbons (Fsp3) is 0.500. The first-order chi connectivity index (χ1) is 7.29. The van der Waals surface area contributed by atoms with Crippen molar-refractivity contribution < 1.29 is 14.2 Å². The van der Waals surface area contributed by atoms with E-state index in [4.69, 9.17) is 9.84 Å². The first kappa shape index (κ1) is 12.0. The van der Waals surface area contributed by atoms with Crippen molar-refractivity contribution >= 4 is 0 Å². The summed E-state index contributed by atoms with van der Waals surface area (Å²) in [6.07, 6.45) is 3.09. The van der Waals surface area contributed by atoms with Gasteiger partial charge in [-0.2, -0.15) is 0 Å². The summed E-state index contributed by atoms with van der Waals surface area (Å²) >= 11 is 0. The van der Waals surface area contributed by atoms with Gasteiger partial charge in [-0.25, -0.2) is 4.39 Å². The van der Waals surface area contributed by atoms with Crippen LogP contribution in [0.1, 0.15) is 31.7 Å². The third kappa shape index (κ3) is 3.51. The Morgan fingerprint density at radius 3 is 2.80 bits per heavy atom. The Kier molecular flexibility index (Phi) is 5.12. The number of unbranched alkanes of at least 4 members (excludes halogenated alkanes) is 2. The van der Waals surface area contributed by atoms with Gasteiger partial charge in [0.1, 0.15) is 0 Å². The fourth-order valence-electron chi connectivity index (χ4n) is 1.37. The van der Waals surface area contributed by atoms with Crippen molar-refractivity contribution in [2.75, 3.05) is 6.61 Å². The van der Waals surface area contributed by atoms with Gasteiger partial charge in [0.2, 0.25) is 0 Å². The highest BCUT2D eigenvalue weighted by atomic mass is 19.1. The van der Waals surface area contributed by atoms with Crippen LogP contribution in [0.2, 0.25) is 0 Å². The van der Waals surface area contributed by atoms with E-state index in [1.54, 1.807) is 12.1 Å². The van der Waals surface area contributed by atoms with E-state index in [0.717, 1.165) is 19.3 Å². The molecule has 0 aromatic heterocycles. The smallest absolute Gasteiger partial charge is 0.165 e. The number of halogens is 1. The van der Waals surface area contributed by atoms with Crippen LogP contribution < -0.4 is 4.74 Å². The highest BCUT2D eigenvalue weighted by molar-refractivity contribution is 5.34. The van der Waals surface area contributed by atoms with Crippen LogP contribution in [-0.2, 0) is 6.61 Å². The van der Waals surface area contributed by atoms with Crippen LogP contribution in [0.25, 0.3) is 0 Å². The minimum atomic E-state index is -0.405. The predicted molar refractivity (Wildman–Crippen MR) is 57.3 cm³/mol. The van der Waals surface area contributed by atoms with Gasteiger partial charge in [0, 0.05) is 5.56 Å². The van der Waals surface area contributed by atoms with E-state index in [9.17, 15) is 4.39 Å². The molecule has 0 spiro atoms. The summed E-state index contributed by atoms with van der Waals surface area (Å²) in [6, 6.07) is 4.58. The van der Waals surface area contributed by atoms with Crippen LogP contribution in [0.5, 0.6) is 5.75 Å². The first-order valence-electron chi connectivity index (χ1n) is 5.30. The standard InChI is InChI=1S/C12H17FO2/c1-2-3-4-8-15-12-10(9-14)6-5-7-11(12)13/h5-7,14H,2-4,8-9H2,1H3. The Hall–Kier alpha value is -1.09. The summed E-state index contributed by atoms with van der Waals surface area (Å²) in [5.74, 6) is -0.214. The molecule has 1 N–H and O–H groups in total. The molecule has 1 aromatic rings. The molecule has 84 valence electrons. The van der Waals surface area contributed by atoms with Crippen molar-refractivity contribution in [1.82, 2.24) is 0 Å². The van der Waals surface area contributed by atoms with Gasteiger partial charge in [0.25, 0.3) is 0 Å². The molecule has 0 amide bonds. The summed E-state index contributed by atoms with van der Waals surface area (Å²) in [5, 5.41) is 9.00. The molecule has 0 bridgehead atoms. The number of para-hydroxylation sites is 1. The molecule has 1 rings (SSSR count). The maximum atomic E-state index is 13.3. The van der Waals surface area contributed by atoms with Gasteiger partial charge in [0.05, 0.1) is 13.2 Å². The second-order valence-electron chi connectivity index (χ2n) is 3.44. The van der Waals surface area contributed by atoms with E-state index in [-0.39, 0.29) is 12.4 Å². The molecule has 0 aliphatic rings. The van der Waals surface area contributed by atoms with Crippen molar-refractivity contribution in [3.05, 3.63) is 29.6 Å². The van der Waals surface area contributed by atoms with E-state index in [0.29, 0.717) is 12.2 Å². The van der Waals surface area contributed by atoms with E-state index < -0.39 is 5.82 Å². The van der Waals surface area contributed by atoms with Crippen molar-refractivity contribution in [2.45, 2.75) is 32.8 Å². The van der Waals surface area contributed by atoms with Gasteiger partial charge in [-0.1, -0.05) is 31.9 Å². The zero-order valence-corrected chi connectivity index (χ0v) is 9.00. The monoisotopic (exact) mass is 212 g/mol. The first-order valence-corrected chi connectivity index (χ1v) is 5.30. The van der Waals surface area contributed by atoms with Crippen LogP contribution in [0.3, 0.4) is 0 Å². The Labute approximate surface area is 89.7 Å². The topological polar surface area (TPSA) is 29.5 Å². The van der Waals surface area contributed by atoms with Gasteiger partial charge in [-0.3, -0.25) is 0 Å². The molecule has 0 unspecified atom stereocenters. The average Bonchev–Trinajstić information content (AvgIpc) is 2.26. The lowest BCUT2D eigenvalue weighted by molar-refractivity contribution is 0.253.